The minimum Gasteiger partial charge on any atom is -0.444 e. The van der Waals surface area contributed by atoms with Crippen LogP contribution in [0.1, 0.15) is 56.7 Å². The highest BCUT2D eigenvalue weighted by Gasteiger charge is 2.34. The zero-order chi connectivity index (χ0) is 29.7. The minimum atomic E-state index is -4.01. The zero-order valence-electron chi connectivity index (χ0n) is 24.5. The number of amides is 1. The third kappa shape index (κ3) is 10.6. The van der Waals surface area contributed by atoms with E-state index < -0.39 is 16.1 Å². The molecule has 0 unspecified atom stereocenters. The summed E-state index contributed by atoms with van der Waals surface area (Å²) in [6, 6.07) is 26.0. The molecular formula is C32H43N3O5S. The Balaban J connectivity index is 1.68. The molecule has 222 valence electrons. The first-order chi connectivity index (χ1) is 19.7. The Morgan fingerprint density at radius 2 is 1.41 bits per heavy atom. The predicted molar refractivity (Wildman–Crippen MR) is 161 cm³/mol. The molecule has 0 aromatic heterocycles. The number of nitrogens with zero attached hydrogens (tertiary/aromatic N) is 2. The molecule has 0 saturated heterocycles. The van der Waals surface area contributed by atoms with E-state index in [0.29, 0.717) is 13.0 Å². The van der Waals surface area contributed by atoms with Crippen molar-refractivity contribution in [3.8, 4) is 0 Å². The van der Waals surface area contributed by atoms with E-state index in [2.05, 4.69) is 5.48 Å². The maximum atomic E-state index is 13.8. The third-order valence-electron chi connectivity index (χ3n) is 6.43. The first-order valence-corrected chi connectivity index (χ1v) is 15.6. The Labute approximate surface area is 245 Å². The number of ether oxygens (including phenoxy) is 1. The summed E-state index contributed by atoms with van der Waals surface area (Å²) in [5.41, 5.74) is 5.93. The van der Waals surface area contributed by atoms with Crippen LogP contribution in [-0.4, -0.2) is 43.1 Å². The van der Waals surface area contributed by atoms with E-state index in [4.69, 9.17) is 9.57 Å². The fourth-order valence-corrected chi connectivity index (χ4v) is 5.80. The molecule has 8 nitrogen and oxygen atoms in total. The largest absolute Gasteiger partial charge is 0.444 e. The van der Waals surface area contributed by atoms with Crippen molar-refractivity contribution >= 4 is 16.1 Å². The Morgan fingerprint density at radius 1 is 0.829 bits per heavy atom. The van der Waals surface area contributed by atoms with Crippen LogP contribution in [0.5, 0.6) is 0 Å². The van der Waals surface area contributed by atoms with E-state index in [0.717, 1.165) is 29.5 Å². The number of carbonyl (C=O) groups excluding carboxylic acids is 1. The van der Waals surface area contributed by atoms with Crippen LogP contribution in [0.25, 0.3) is 0 Å². The summed E-state index contributed by atoms with van der Waals surface area (Å²) in [5.74, 6) is -0.0226. The summed E-state index contributed by atoms with van der Waals surface area (Å²) in [7, 11) is -4.01. The van der Waals surface area contributed by atoms with Gasteiger partial charge in [-0.25, -0.2) is 18.2 Å². The monoisotopic (exact) mass is 581 g/mol. The topological polar surface area (TPSA) is 88.2 Å². The zero-order valence-corrected chi connectivity index (χ0v) is 25.3. The van der Waals surface area contributed by atoms with Crippen molar-refractivity contribution in [3.05, 3.63) is 102 Å². The molecule has 0 aliphatic heterocycles. The number of rotatable bonds is 16. The highest BCUT2D eigenvalue weighted by molar-refractivity contribution is 7.89. The molecule has 0 aliphatic carbocycles. The van der Waals surface area contributed by atoms with E-state index >= 15 is 0 Å². The van der Waals surface area contributed by atoms with Crippen molar-refractivity contribution in [2.24, 2.45) is 5.92 Å². The second-order valence-corrected chi connectivity index (χ2v) is 12.5. The Bertz CT molecular complexity index is 1290. The van der Waals surface area contributed by atoms with Crippen LogP contribution >= 0.6 is 0 Å². The lowest BCUT2D eigenvalue weighted by atomic mass is 10.1. The number of hydroxylamine groups is 1. The van der Waals surface area contributed by atoms with Crippen LogP contribution in [0.4, 0.5) is 4.79 Å². The molecule has 0 spiro atoms. The molecule has 0 fully saturated rings. The van der Waals surface area contributed by atoms with E-state index in [1.54, 1.807) is 24.3 Å². The standard InChI is InChI=1S/C32H43N3O5S/c1-26(2)23-35(41(37,38)31-20-18-27(3)19-21-31)34(32(36)39-24-29-14-7-5-8-15-29)22-12-11-13-28(4)33-40-25-30-16-9-6-10-17-30/h5-10,14-21,26,28,33H,11-13,22-25H2,1-4H3/t28-/m0/s1. The van der Waals surface area contributed by atoms with Crippen molar-refractivity contribution in [3.63, 3.8) is 0 Å². The first-order valence-electron chi connectivity index (χ1n) is 14.2. The molecule has 0 heterocycles. The molecule has 1 atom stereocenters. The smallest absolute Gasteiger partial charge is 0.425 e. The van der Waals surface area contributed by atoms with E-state index in [9.17, 15) is 13.2 Å². The molecule has 9 heteroatoms. The van der Waals surface area contributed by atoms with E-state index in [-0.39, 0.29) is 36.6 Å². The second kappa shape index (κ2) is 16.3. The number of hydrazine groups is 1. The Morgan fingerprint density at radius 3 is 2.00 bits per heavy atom. The fraction of sp³-hybridized carbons (Fsp3) is 0.406. The maximum absolute atomic E-state index is 13.8. The van der Waals surface area contributed by atoms with Gasteiger partial charge in [-0.15, -0.1) is 4.41 Å². The highest BCUT2D eigenvalue weighted by atomic mass is 32.2. The van der Waals surface area contributed by atoms with Crippen LogP contribution < -0.4 is 5.48 Å². The summed E-state index contributed by atoms with van der Waals surface area (Å²) in [6.07, 6.45) is 1.44. The SMILES string of the molecule is Cc1ccc(S(=O)(=O)N(CC(C)C)N(CCCC[C@H](C)NOCc2ccccc2)C(=O)OCc2ccccc2)cc1. The van der Waals surface area contributed by atoms with Crippen LogP contribution in [0.15, 0.2) is 89.8 Å². The lowest BCUT2D eigenvalue weighted by Crippen LogP contribution is -2.51. The number of nitrogens with one attached hydrogen (secondary N) is 1. The average Bonchev–Trinajstić information content (AvgIpc) is 2.96. The number of unbranched alkanes of at least 4 members (excludes halogenated alkanes) is 1. The van der Waals surface area contributed by atoms with Gasteiger partial charge in [0.15, 0.2) is 0 Å². The van der Waals surface area contributed by atoms with E-state index in [1.807, 2.05) is 88.4 Å². The van der Waals surface area contributed by atoms with Gasteiger partial charge in [-0.2, -0.15) is 5.48 Å². The lowest BCUT2D eigenvalue weighted by molar-refractivity contribution is 0.00393. The van der Waals surface area contributed by atoms with Crippen LogP contribution in [-0.2, 0) is 32.8 Å². The van der Waals surface area contributed by atoms with Gasteiger partial charge in [0, 0.05) is 19.1 Å². The average molecular weight is 582 g/mol. The molecule has 3 rings (SSSR count). The Hall–Kier alpha value is -3.24. The van der Waals surface area contributed by atoms with Crippen molar-refractivity contribution < 1.29 is 22.8 Å². The van der Waals surface area contributed by atoms with Gasteiger partial charge in [-0.1, -0.05) is 92.2 Å². The van der Waals surface area contributed by atoms with Crippen molar-refractivity contribution in [1.29, 1.82) is 0 Å². The van der Waals surface area contributed by atoms with Gasteiger partial charge < -0.3 is 4.74 Å². The van der Waals surface area contributed by atoms with Crippen LogP contribution in [0, 0.1) is 12.8 Å². The molecule has 1 amide bonds. The third-order valence-corrected chi connectivity index (χ3v) is 8.19. The molecule has 41 heavy (non-hydrogen) atoms. The lowest BCUT2D eigenvalue weighted by Gasteiger charge is -2.34. The molecule has 0 saturated carbocycles. The number of sulfonamides is 1. The predicted octanol–water partition coefficient (Wildman–Crippen LogP) is 6.48. The molecule has 0 bridgehead atoms. The van der Waals surface area contributed by atoms with Gasteiger partial charge in [0.25, 0.3) is 10.0 Å². The number of carbonyl (C=O) groups is 1. The minimum absolute atomic E-state index is 0.0226. The van der Waals surface area contributed by atoms with Crippen LogP contribution in [0.2, 0.25) is 0 Å². The normalized spacial score (nSPS) is 12.4. The molecule has 0 aliphatic rings. The summed E-state index contributed by atoms with van der Waals surface area (Å²) < 4.78 is 34.5. The van der Waals surface area contributed by atoms with Gasteiger partial charge in [-0.05, 0) is 62.3 Å². The van der Waals surface area contributed by atoms with Gasteiger partial charge in [-0.3, -0.25) is 4.84 Å². The fourth-order valence-electron chi connectivity index (χ4n) is 4.17. The van der Waals surface area contributed by atoms with Gasteiger partial charge in [0.2, 0.25) is 0 Å². The molecule has 3 aromatic carbocycles. The van der Waals surface area contributed by atoms with Gasteiger partial charge >= 0.3 is 6.09 Å². The molecular weight excluding hydrogens is 538 g/mol. The Kier molecular flexibility index (Phi) is 12.8. The number of benzene rings is 3. The quantitative estimate of drug-likeness (QED) is 0.154. The molecule has 1 N–H and O–H groups in total. The van der Waals surface area contributed by atoms with Crippen molar-refractivity contribution in [2.45, 2.75) is 71.1 Å². The summed E-state index contributed by atoms with van der Waals surface area (Å²) in [6.45, 7) is 8.64. The van der Waals surface area contributed by atoms with Crippen LogP contribution in [0.3, 0.4) is 0 Å². The summed E-state index contributed by atoms with van der Waals surface area (Å²) >= 11 is 0. The van der Waals surface area contributed by atoms with E-state index in [1.165, 1.54) is 9.42 Å². The highest BCUT2D eigenvalue weighted by Crippen LogP contribution is 2.22. The van der Waals surface area contributed by atoms with Crippen molar-refractivity contribution in [2.75, 3.05) is 13.1 Å². The number of hydrogen-bond acceptors (Lipinski definition) is 6. The number of aryl methyl sites for hydroxylation is 1. The molecule has 3 aromatic rings. The second-order valence-electron chi connectivity index (χ2n) is 10.7. The van der Waals surface area contributed by atoms with Gasteiger partial charge in [0.1, 0.15) is 6.61 Å². The molecule has 0 radical (unpaired) electrons. The van der Waals surface area contributed by atoms with Gasteiger partial charge in [0.05, 0.1) is 11.5 Å². The van der Waals surface area contributed by atoms with Crippen molar-refractivity contribution in [1.82, 2.24) is 14.9 Å². The maximum Gasteiger partial charge on any atom is 0.425 e. The first kappa shape index (κ1) is 32.3. The number of hydrogen-bond donors (Lipinski definition) is 1. The summed E-state index contributed by atoms with van der Waals surface area (Å²) in [4.78, 5) is 19.2. The summed E-state index contributed by atoms with van der Waals surface area (Å²) in [5, 5.41) is 1.25.